The molecule has 0 aromatic carbocycles. The molecule has 3 aliphatic carbocycles. The SMILES string of the molecule is IOOC1CCC(C2CCC3CC(OI)CCC3C2)CC1. The zero-order valence-corrected chi connectivity index (χ0v) is 16.8. The van der Waals surface area contributed by atoms with Gasteiger partial charge in [0, 0.05) is 0 Å². The first-order valence-corrected chi connectivity index (χ1v) is 10.3. The van der Waals surface area contributed by atoms with Crippen LogP contribution in [0.4, 0.5) is 0 Å². The van der Waals surface area contributed by atoms with Crippen molar-refractivity contribution in [2.24, 2.45) is 23.7 Å². The molecule has 5 heteroatoms. The molecule has 0 aromatic heterocycles. The van der Waals surface area contributed by atoms with E-state index in [0.29, 0.717) is 12.2 Å². The Bertz CT molecular complexity index is 321. The molecule has 0 bridgehead atoms. The van der Waals surface area contributed by atoms with Gasteiger partial charge in [0.2, 0.25) is 0 Å². The van der Waals surface area contributed by atoms with E-state index in [0.717, 1.165) is 23.7 Å². The summed E-state index contributed by atoms with van der Waals surface area (Å²) in [6.07, 6.45) is 14.3. The van der Waals surface area contributed by atoms with Gasteiger partial charge in [0.15, 0.2) is 23.0 Å². The Morgan fingerprint density at radius 2 is 1.10 bits per heavy atom. The molecule has 4 atom stereocenters. The van der Waals surface area contributed by atoms with E-state index in [-0.39, 0.29) is 0 Å². The molecule has 3 fully saturated rings. The first kappa shape index (κ1) is 17.2. The van der Waals surface area contributed by atoms with Gasteiger partial charge in [-0.2, -0.15) is 3.22 Å². The molecule has 0 aromatic rings. The van der Waals surface area contributed by atoms with E-state index in [1.54, 1.807) is 0 Å². The number of hydrogen-bond donors (Lipinski definition) is 0. The molecular formula is C16H26I2O3. The minimum Gasteiger partial charge on any atom is -0.312 e. The fourth-order valence-electron chi connectivity index (χ4n) is 5.10. The van der Waals surface area contributed by atoms with Crippen LogP contribution >= 0.6 is 46.0 Å². The summed E-state index contributed by atoms with van der Waals surface area (Å²) in [6, 6.07) is 0. The van der Waals surface area contributed by atoms with Gasteiger partial charge in [-0.05, 0) is 87.9 Å². The molecule has 0 aliphatic heterocycles. The molecule has 0 N–H and O–H groups in total. The molecule has 3 aliphatic rings. The number of rotatable bonds is 4. The van der Waals surface area contributed by atoms with Crippen molar-refractivity contribution in [1.82, 2.24) is 0 Å². The lowest BCUT2D eigenvalue weighted by molar-refractivity contribution is -0.219. The Balaban J connectivity index is 1.47. The van der Waals surface area contributed by atoms with Crippen LogP contribution in [0, 0.1) is 23.7 Å². The van der Waals surface area contributed by atoms with E-state index in [4.69, 9.17) is 11.2 Å². The minimum absolute atomic E-state index is 0.339. The Hall–Kier alpha value is 1.34. The van der Waals surface area contributed by atoms with E-state index in [2.05, 4.69) is 23.0 Å². The van der Waals surface area contributed by atoms with Crippen LogP contribution in [0.3, 0.4) is 0 Å². The monoisotopic (exact) mass is 520 g/mol. The van der Waals surface area contributed by atoms with Gasteiger partial charge >= 0.3 is 0 Å². The van der Waals surface area contributed by atoms with Gasteiger partial charge in [-0.1, -0.05) is 0 Å². The highest BCUT2D eigenvalue weighted by atomic mass is 127. The van der Waals surface area contributed by atoms with Gasteiger partial charge in [0.05, 0.1) is 12.2 Å². The van der Waals surface area contributed by atoms with Crippen LogP contribution in [-0.2, 0) is 11.2 Å². The van der Waals surface area contributed by atoms with Crippen LogP contribution in [0.25, 0.3) is 0 Å². The highest BCUT2D eigenvalue weighted by Gasteiger charge is 2.39. The second-order valence-electron chi connectivity index (χ2n) is 7.31. The molecule has 4 unspecified atom stereocenters. The topological polar surface area (TPSA) is 27.7 Å². The average Bonchev–Trinajstić information content (AvgIpc) is 2.55. The number of fused-ring (bicyclic) bond motifs is 1. The summed E-state index contributed by atoms with van der Waals surface area (Å²) in [5.41, 5.74) is 0. The largest absolute Gasteiger partial charge is 0.312 e. The van der Waals surface area contributed by atoms with E-state index in [1.807, 2.05) is 23.0 Å². The average molecular weight is 520 g/mol. The summed E-state index contributed by atoms with van der Waals surface area (Å²) in [5.74, 6) is 3.85. The minimum atomic E-state index is 0.339. The van der Waals surface area contributed by atoms with Crippen molar-refractivity contribution in [1.29, 1.82) is 0 Å². The fourth-order valence-corrected chi connectivity index (χ4v) is 5.85. The molecule has 0 spiro atoms. The van der Waals surface area contributed by atoms with Crippen molar-refractivity contribution in [2.75, 3.05) is 0 Å². The van der Waals surface area contributed by atoms with Crippen molar-refractivity contribution in [2.45, 2.75) is 76.4 Å². The molecular weight excluding hydrogens is 494 g/mol. The summed E-state index contributed by atoms with van der Waals surface area (Å²) in [6.45, 7) is 0. The zero-order chi connectivity index (χ0) is 14.7. The zero-order valence-electron chi connectivity index (χ0n) is 12.5. The maximum absolute atomic E-state index is 5.56. The summed E-state index contributed by atoms with van der Waals surface area (Å²) in [4.78, 5) is 5.30. The molecule has 0 radical (unpaired) electrons. The first-order chi connectivity index (χ1) is 10.3. The predicted octanol–water partition coefficient (Wildman–Crippen LogP) is 5.80. The molecule has 0 amide bonds. The maximum Gasteiger partial charge on any atom is 0.155 e. The molecule has 0 saturated heterocycles. The van der Waals surface area contributed by atoms with Gasteiger partial charge < -0.3 is 3.07 Å². The quantitative estimate of drug-likeness (QED) is 0.267. The predicted molar refractivity (Wildman–Crippen MR) is 99.0 cm³/mol. The molecule has 3 saturated carbocycles. The second kappa shape index (κ2) is 8.44. The van der Waals surface area contributed by atoms with Crippen LogP contribution in [0.1, 0.15) is 64.2 Å². The standard InChI is InChI=1S/C16H26I2O3/c17-19-16-8-5-13-9-12(1-2-14(13)10-16)11-3-6-15(7-4-11)20-21-18/h11-16H,1-10H2. The molecule has 3 nitrogen and oxygen atoms in total. The number of halogens is 2. The highest BCUT2D eigenvalue weighted by Crippen LogP contribution is 2.48. The van der Waals surface area contributed by atoms with Crippen molar-refractivity contribution in [3.05, 3.63) is 0 Å². The highest BCUT2D eigenvalue weighted by molar-refractivity contribution is 14.1. The Kier molecular flexibility index (Phi) is 6.90. The summed E-state index contributed by atoms with van der Waals surface area (Å²) < 4.78 is 10.4. The third-order valence-electron chi connectivity index (χ3n) is 6.29. The lowest BCUT2D eigenvalue weighted by Gasteiger charge is -2.44. The molecule has 21 heavy (non-hydrogen) atoms. The van der Waals surface area contributed by atoms with Gasteiger partial charge in [-0.3, -0.25) is 0 Å². The van der Waals surface area contributed by atoms with Gasteiger partial charge in [-0.25, -0.2) is 4.89 Å². The first-order valence-electron chi connectivity index (χ1n) is 8.51. The van der Waals surface area contributed by atoms with E-state index in [9.17, 15) is 0 Å². The van der Waals surface area contributed by atoms with Crippen LogP contribution < -0.4 is 0 Å². The fraction of sp³-hybridized carbons (Fsp3) is 1.00. The summed E-state index contributed by atoms with van der Waals surface area (Å²) in [5, 5.41) is 0. The normalized spacial score (nSPS) is 44.3. The molecule has 3 rings (SSSR count). The van der Waals surface area contributed by atoms with E-state index in [1.165, 1.54) is 64.2 Å². The molecule has 122 valence electrons. The van der Waals surface area contributed by atoms with Crippen LogP contribution in [0.5, 0.6) is 0 Å². The van der Waals surface area contributed by atoms with Crippen molar-refractivity contribution in [3.8, 4) is 0 Å². The van der Waals surface area contributed by atoms with Crippen LogP contribution in [-0.4, -0.2) is 12.2 Å². The molecule has 0 heterocycles. The second-order valence-corrected chi connectivity index (χ2v) is 8.18. The third-order valence-corrected chi connectivity index (χ3v) is 7.22. The third kappa shape index (κ3) is 4.45. The van der Waals surface area contributed by atoms with E-state index < -0.39 is 0 Å². The Morgan fingerprint density at radius 3 is 1.76 bits per heavy atom. The van der Waals surface area contributed by atoms with Gasteiger partial charge in [0.25, 0.3) is 0 Å². The lowest BCUT2D eigenvalue weighted by atomic mass is 9.62. The van der Waals surface area contributed by atoms with Gasteiger partial charge in [-0.15, -0.1) is 0 Å². The van der Waals surface area contributed by atoms with Crippen molar-refractivity contribution < 1.29 is 11.2 Å². The van der Waals surface area contributed by atoms with Gasteiger partial charge in [0.1, 0.15) is 23.0 Å². The summed E-state index contributed by atoms with van der Waals surface area (Å²) >= 11 is 3.93. The van der Waals surface area contributed by atoms with E-state index >= 15 is 0 Å². The van der Waals surface area contributed by atoms with Crippen molar-refractivity contribution in [3.63, 3.8) is 0 Å². The number of hydrogen-bond acceptors (Lipinski definition) is 3. The van der Waals surface area contributed by atoms with Crippen LogP contribution in [0.2, 0.25) is 0 Å². The maximum atomic E-state index is 5.56. The smallest absolute Gasteiger partial charge is 0.155 e. The van der Waals surface area contributed by atoms with Crippen LogP contribution in [0.15, 0.2) is 0 Å². The Labute approximate surface area is 156 Å². The lowest BCUT2D eigenvalue weighted by Crippen LogP contribution is -2.36. The Morgan fingerprint density at radius 1 is 0.571 bits per heavy atom. The summed E-state index contributed by atoms with van der Waals surface area (Å²) in [7, 11) is 0. The van der Waals surface area contributed by atoms with Crippen molar-refractivity contribution >= 4 is 46.0 Å².